The Morgan fingerprint density at radius 2 is 2.12 bits per heavy atom. The summed E-state index contributed by atoms with van der Waals surface area (Å²) in [5.41, 5.74) is 1.44. The number of H-pyrrole nitrogens is 1. The van der Waals surface area contributed by atoms with Crippen LogP contribution in [0.25, 0.3) is 11.2 Å². The number of aromatic nitrogens is 4. The zero-order valence-corrected chi connectivity index (χ0v) is 13.9. The number of benzene rings is 1. The topological polar surface area (TPSA) is 130 Å². The minimum atomic E-state index is -3.77. The third-order valence-electron chi connectivity index (χ3n) is 2.89. The first kappa shape index (κ1) is 16.3. The molecule has 0 atom stereocenters. The molecule has 2 heterocycles. The first-order valence-corrected chi connectivity index (χ1v) is 8.82. The summed E-state index contributed by atoms with van der Waals surface area (Å²) in [4.78, 5) is 14.8. The van der Waals surface area contributed by atoms with Gasteiger partial charge in [0.2, 0.25) is 0 Å². The number of anilines is 1. The van der Waals surface area contributed by atoms with E-state index in [1.165, 1.54) is 18.5 Å². The van der Waals surface area contributed by atoms with Crippen molar-refractivity contribution in [2.75, 3.05) is 11.6 Å². The minimum absolute atomic E-state index is 0.0368. The number of halogens is 1. The number of phenolic OH excluding ortho intramolecular Hbond substituents is 1. The highest BCUT2D eigenvalue weighted by Crippen LogP contribution is 2.23. The highest BCUT2D eigenvalue weighted by atomic mass is 35.5. The zero-order chi connectivity index (χ0) is 17.3. The fraction of sp³-hybridized carbons (Fsp3) is 0.154. The molecule has 0 amide bonds. The van der Waals surface area contributed by atoms with Gasteiger partial charge in [0.15, 0.2) is 11.5 Å². The number of fused-ring (bicyclic) bond motifs is 1. The average molecular weight is 370 g/mol. The second-order valence-corrected chi connectivity index (χ2v) is 6.93. The smallest absolute Gasteiger partial charge is 0.337 e. The van der Waals surface area contributed by atoms with Gasteiger partial charge in [0.1, 0.15) is 11.3 Å². The Morgan fingerprint density at radius 1 is 1.33 bits per heavy atom. The fourth-order valence-corrected chi connectivity index (χ4v) is 2.63. The molecule has 0 spiro atoms. The van der Waals surface area contributed by atoms with Crippen molar-refractivity contribution in [2.24, 2.45) is 0 Å². The highest BCUT2D eigenvalue weighted by Gasteiger charge is 2.14. The standard InChI is InChI=1S/C13H12ClN5O4S/c1-24(21,22)23-13-18-11(10-12(19-13)17-6-16-10)15-5-7-2-8(14)4-9(20)3-7/h2-4,6,20H,5H2,1H3,(H2,15,16,17,18,19). The molecule has 0 radical (unpaired) electrons. The summed E-state index contributed by atoms with van der Waals surface area (Å²) in [5.74, 6) is 0.338. The van der Waals surface area contributed by atoms with E-state index in [0.29, 0.717) is 21.9 Å². The Kier molecular flexibility index (Phi) is 4.16. The van der Waals surface area contributed by atoms with E-state index in [1.54, 1.807) is 6.07 Å². The largest absolute Gasteiger partial charge is 0.508 e. The van der Waals surface area contributed by atoms with E-state index in [-0.39, 0.29) is 24.0 Å². The summed E-state index contributed by atoms with van der Waals surface area (Å²) in [6, 6.07) is 4.29. The van der Waals surface area contributed by atoms with Gasteiger partial charge in [0.25, 0.3) is 0 Å². The Balaban J connectivity index is 1.91. The van der Waals surface area contributed by atoms with E-state index >= 15 is 0 Å². The van der Waals surface area contributed by atoms with Crippen molar-refractivity contribution in [1.29, 1.82) is 0 Å². The van der Waals surface area contributed by atoms with Gasteiger partial charge in [0.05, 0.1) is 12.6 Å². The second-order valence-electron chi connectivity index (χ2n) is 4.91. The van der Waals surface area contributed by atoms with Crippen LogP contribution in [0.5, 0.6) is 11.8 Å². The van der Waals surface area contributed by atoms with Crippen LogP contribution in [-0.4, -0.2) is 39.7 Å². The second kappa shape index (κ2) is 6.13. The van der Waals surface area contributed by atoms with Gasteiger partial charge in [-0.25, -0.2) is 4.98 Å². The zero-order valence-electron chi connectivity index (χ0n) is 12.3. The van der Waals surface area contributed by atoms with E-state index in [0.717, 1.165) is 6.26 Å². The van der Waals surface area contributed by atoms with E-state index in [9.17, 15) is 13.5 Å². The summed E-state index contributed by atoms with van der Waals surface area (Å²) in [5, 5.41) is 13.0. The number of hydrogen-bond donors (Lipinski definition) is 3. The van der Waals surface area contributed by atoms with E-state index in [4.69, 9.17) is 15.8 Å². The van der Waals surface area contributed by atoms with Gasteiger partial charge in [-0.2, -0.15) is 18.4 Å². The molecule has 0 bridgehead atoms. The predicted octanol–water partition coefficient (Wildman–Crippen LogP) is 1.66. The van der Waals surface area contributed by atoms with Gasteiger partial charge in [-0.15, -0.1) is 0 Å². The SMILES string of the molecule is CS(=O)(=O)Oc1nc(NCc2cc(O)cc(Cl)c2)c2[nH]cnc2n1. The first-order valence-electron chi connectivity index (χ1n) is 6.63. The number of phenols is 1. The quantitative estimate of drug-likeness (QED) is 0.579. The molecular formula is C13H12ClN5O4S. The molecule has 126 valence electrons. The molecule has 24 heavy (non-hydrogen) atoms. The summed E-state index contributed by atoms with van der Waals surface area (Å²) in [7, 11) is -3.77. The Morgan fingerprint density at radius 3 is 2.83 bits per heavy atom. The molecule has 0 saturated carbocycles. The van der Waals surface area contributed by atoms with Crippen LogP contribution < -0.4 is 9.50 Å². The lowest BCUT2D eigenvalue weighted by atomic mass is 10.2. The third-order valence-corrected chi connectivity index (χ3v) is 3.56. The monoisotopic (exact) mass is 369 g/mol. The van der Waals surface area contributed by atoms with Crippen molar-refractivity contribution in [2.45, 2.75) is 6.54 Å². The molecule has 3 N–H and O–H groups in total. The van der Waals surface area contributed by atoms with Crippen LogP contribution in [0.3, 0.4) is 0 Å². The number of nitrogens with one attached hydrogen (secondary N) is 2. The van der Waals surface area contributed by atoms with Crippen molar-refractivity contribution in [1.82, 2.24) is 19.9 Å². The van der Waals surface area contributed by atoms with Crippen LogP contribution in [0.1, 0.15) is 5.56 Å². The minimum Gasteiger partial charge on any atom is -0.508 e. The Bertz CT molecular complexity index is 985. The van der Waals surface area contributed by atoms with Crippen LogP contribution in [0, 0.1) is 0 Å². The van der Waals surface area contributed by atoms with E-state index in [2.05, 4.69) is 25.3 Å². The molecule has 1 aromatic carbocycles. The van der Waals surface area contributed by atoms with Gasteiger partial charge in [-0.3, -0.25) is 0 Å². The maximum Gasteiger partial charge on any atom is 0.337 e. The van der Waals surface area contributed by atoms with Crippen molar-refractivity contribution in [3.63, 3.8) is 0 Å². The number of aromatic amines is 1. The summed E-state index contributed by atoms with van der Waals surface area (Å²) < 4.78 is 27.2. The molecule has 3 rings (SSSR count). The van der Waals surface area contributed by atoms with Gasteiger partial charge in [0, 0.05) is 11.6 Å². The van der Waals surface area contributed by atoms with Crippen molar-refractivity contribution in [3.05, 3.63) is 35.1 Å². The van der Waals surface area contributed by atoms with Crippen molar-refractivity contribution >= 4 is 38.7 Å². The normalized spacial score (nSPS) is 11.6. The molecule has 2 aromatic heterocycles. The van der Waals surface area contributed by atoms with Crippen LogP contribution in [-0.2, 0) is 16.7 Å². The van der Waals surface area contributed by atoms with E-state index < -0.39 is 10.1 Å². The summed E-state index contributed by atoms with van der Waals surface area (Å²) >= 11 is 5.89. The lowest BCUT2D eigenvalue weighted by Crippen LogP contribution is -2.10. The average Bonchev–Trinajstić information content (AvgIpc) is 2.90. The molecule has 0 aliphatic heterocycles. The fourth-order valence-electron chi connectivity index (χ4n) is 2.03. The lowest BCUT2D eigenvalue weighted by molar-refractivity contribution is 0.471. The summed E-state index contributed by atoms with van der Waals surface area (Å²) in [6.07, 6.45) is 2.30. The highest BCUT2D eigenvalue weighted by molar-refractivity contribution is 7.86. The molecule has 0 aliphatic rings. The van der Waals surface area contributed by atoms with Crippen LogP contribution in [0.4, 0.5) is 5.82 Å². The first-order chi connectivity index (χ1) is 11.3. The Hall–Kier alpha value is -2.59. The molecule has 0 fully saturated rings. The molecule has 11 heteroatoms. The van der Waals surface area contributed by atoms with Crippen molar-refractivity contribution in [3.8, 4) is 11.8 Å². The number of imidazole rings is 1. The lowest BCUT2D eigenvalue weighted by Gasteiger charge is -2.09. The van der Waals surface area contributed by atoms with Gasteiger partial charge in [-0.05, 0) is 23.8 Å². The Labute approximate surface area is 141 Å². The van der Waals surface area contributed by atoms with Gasteiger partial charge < -0.3 is 19.6 Å². The van der Waals surface area contributed by atoms with Crippen LogP contribution >= 0.6 is 11.6 Å². The van der Waals surface area contributed by atoms with E-state index in [1.807, 2.05) is 0 Å². The maximum absolute atomic E-state index is 11.2. The number of nitrogens with zero attached hydrogens (tertiary/aromatic N) is 3. The molecule has 0 saturated heterocycles. The number of aromatic hydroxyl groups is 1. The molecule has 0 aliphatic carbocycles. The molecule has 0 unspecified atom stereocenters. The predicted molar refractivity (Wildman–Crippen MR) is 87.6 cm³/mol. The van der Waals surface area contributed by atoms with Gasteiger partial charge >= 0.3 is 16.1 Å². The van der Waals surface area contributed by atoms with Crippen molar-refractivity contribution < 1.29 is 17.7 Å². The van der Waals surface area contributed by atoms with Crippen LogP contribution in [0.15, 0.2) is 24.5 Å². The third kappa shape index (κ3) is 3.84. The van der Waals surface area contributed by atoms with Gasteiger partial charge in [-0.1, -0.05) is 11.6 Å². The van der Waals surface area contributed by atoms with Crippen LogP contribution in [0.2, 0.25) is 5.02 Å². The maximum atomic E-state index is 11.2. The number of rotatable bonds is 5. The molecule has 3 aromatic rings. The molecular weight excluding hydrogens is 358 g/mol. The molecule has 9 nitrogen and oxygen atoms in total. The number of hydrogen-bond acceptors (Lipinski definition) is 8. The summed E-state index contributed by atoms with van der Waals surface area (Å²) in [6.45, 7) is 0.275.